The first-order chi connectivity index (χ1) is 7.66. The van der Waals surface area contributed by atoms with Crippen LogP contribution in [0.2, 0.25) is 5.02 Å². The fourth-order valence-electron chi connectivity index (χ4n) is 1.69. The summed E-state index contributed by atoms with van der Waals surface area (Å²) < 4.78 is 0. The highest BCUT2D eigenvalue weighted by atomic mass is 35.5. The van der Waals surface area contributed by atoms with Crippen molar-refractivity contribution >= 4 is 23.0 Å². The minimum absolute atomic E-state index is 0.0140. The van der Waals surface area contributed by atoms with Gasteiger partial charge >= 0.3 is 0 Å². The Morgan fingerprint density at radius 2 is 2.06 bits per heavy atom. The first-order valence-corrected chi connectivity index (χ1v) is 5.40. The Morgan fingerprint density at radius 3 is 2.62 bits per heavy atom. The van der Waals surface area contributed by atoms with Crippen molar-refractivity contribution in [1.29, 1.82) is 0 Å². The summed E-state index contributed by atoms with van der Waals surface area (Å²) in [6.45, 7) is 0. The van der Waals surface area contributed by atoms with Crippen molar-refractivity contribution in [2.24, 2.45) is 0 Å². The van der Waals surface area contributed by atoms with Crippen LogP contribution in [0, 0.1) is 10.1 Å². The number of halogens is 1. The zero-order valence-electron chi connectivity index (χ0n) is 8.52. The second-order valence-corrected chi connectivity index (χ2v) is 4.11. The molecule has 0 amide bonds. The zero-order chi connectivity index (χ0) is 11.5. The van der Waals surface area contributed by atoms with Crippen molar-refractivity contribution < 1.29 is 4.92 Å². The zero-order valence-corrected chi connectivity index (χ0v) is 9.28. The highest BCUT2D eigenvalue weighted by Crippen LogP contribution is 2.28. The van der Waals surface area contributed by atoms with E-state index in [1.165, 1.54) is 12.1 Å². The summed E-state index contributed by atoms with van der Waals surface area (Å²) in [4.78, 5) is 10.1. The fraction of sp³-hybridized carbons (Fsp3) is 0.273. The molecule has 0 heterocycles. The van der Waals surface area contributed by atoms with Crippen LogP contribution >= 0.6 is 11.6 Å². The van der Waals surface area contributed by atoms with E-state index in [0.29, 0.717) is 11.1 Å². The van der Waals surface area contributed by atoms with E-state index in [0.717, 1.165) is 18.5 Å². The van der Waals surface area contributed by atoms with Crippen LogP contribution in [-0.4, -0.2) is 11.0 Å². The van der Waals surface area contributed by atoms with Gasteiger partial charge in [0.25, 0.3) is 5.69 Å². The topological polar surface area (TPSA) is 55.2 Å². The first kappa shape index (κ1) is 11.0. The molecule has 0 saturated heterocycles. The van der Waals surface area contributed by atoms with Gasteiger partial charge in [0.05, 0.1) is 15.6 Å². The number of nitro groups is 1. The number of nitrogens with zero attached hydrogens (tertiary/aromatic N) is 1. The minimum Gasteiger partial charge on any atom is -0.380 e. The van der Waals surface area contributed by atoms with Gasteiger partial charge in [-0.1, -0.05) is 23.8 Å². The van der Waals surface area contributed by atoms with Crippen LogP contribution in [-0.2, 0) is 0 Å². The Hall–Kier alpha value is -1.55. The number of hydrogen-bond acceptors (Lipinski definition) is 3. The van der Waals surface area contributed by atoms with Crippen molar-refractivity contribution in [3.05, 3.63) is 45.5 Å². The van der Waals surface area contributed by atoms with Gasteiger partial charge in [0, 0.05) is 18.2 Å². The van der Waals surface area contributed by atoms with Gasteiger partial charge in [0.2, 0.25) is 0 Å². The van der Waals surface area contributed by atoms with Crippen molar-refractivity contribution in [1.82, 2.24) is 0 Å². The number of nitro benzene ring substituents is 1. The normalized spacial score (nSPS) is 15.3. The molecule has 16 heavy (non-hydrogen) atoms. The molecular weight excluding hydrogens is 228 g/mol. The van der Waals surface area contributed by atoms with E-state index in [9.17, 15) is 10.1 Å². The standard InChI is InChI=1S/C11H11ClN2O2/c12-10-7-9(14(15)16)5-6-11(10)13-8-3-1-2-4-8/h1-2,5-8,13H,3-4H2. The molecule has 84 valence electrons. The van der Waals surface area contributed by atoms with E-state index in [-0.39, 0.29) is 5.69 Å². The van der Waals surface area contributed by atoms with E-state index in [1.807, 2.05) is 0 Å². The lowest BCUT2D eigenvalue weighted by molar-refractivity contribution is -0.384. The second-order valence-electron chi connectivity index (χ2n) is 3.71. The summed E-state index contributed by atoms with van der Waals surface area (Å²) in [5, 5.41) is 14.2. The van der Waals surface area contributed by atoms with Gasteiger partial charge in [-0.2, -0.15) is 0 Å². The molecule has 0 bridgehead atoms. The molecule has 1 aromatic rings. The SMILES string of the molecule is O=[N+]([O-])c1ccc(NC2CC=CC2)c(Cl)c1. The van der Waals surface area contributed by atoms with Gasteiger partial charge in [-0.15, -0.1) is 0 Å². The van der Waals surface area contributed by atoms with Crippen LogP contribution in [0.15, 0.2) is 30.4 Å². The minimum atomic E-state index is -0.452. The van der Waals surface area contributed by atoms with E-state index in [4.69, 9.17) is 11.6 Å². The van der Waals surface area contributed by atoms with E-state index in [1.54, 1.807) is 6.07 Å². The summed E-state index contributed by atoms with van der Waals surface area (Å²) >= 11 is 5.96. The summed E-state index contributed by atoms with van der Waals surface area (Å²) in [5.41, 5.74) is 0.765. The molecule has 0 spiro atoms. The van der Waals surface area contributed by atoms with Gasteiger partial charge < -0.3 is 5.32 Å². The molecule has 1 aliphatic rings. The predicted octanol–water partition coefficient (Wildman–Crippen LogP) is 3.38. The second kappa shape index (κ2) is 4.53. The van der Waals surface area contributed by atoms with Crippen LogP contribution in [0.4, 0.5) is 11.4 Å². The molecule has 0 unspecified atom stereocenters. The van der Waals surface area contributed by atoms with Gasteiger partial charge in [0.1, 0.15) is 0 Å². The molecule has 1 aromatic carbocycles. The predicted molar refractivity (Wildman–Crippen MR) is 63.9 cm³/mol. The Labute approximate surface area is 98.1 Å². The third kappa shape index (κ3) is 2.33. The van der Waals surface area contributed by atoms with Crippen LogP contribution < -0.4 is 5.32 Å². The van der Waals surface area contributed by atoms with Gasteiger partial charge in [-0.3, -0.25) is 10.1 Å². The summed E-state index contributed by atoms with van der Waals surface area (Å²) in [5.74, 6) is 0. The molecule has 1 aliphatic carbocycles. The van der Waals surface area contributed by atoms with Gasteiger partial charge in [-0.25, -0.2) is 0 Å². The summed E-state index contributed by atoms with van der Waals surface area (Å²) in [7, 11) is 0. The number of anilines is 1. The van der Waals surface area contributed by atoms with Crippen molar-refractivity contribution in [3.63, 3.8) is 0 Å². The number of nitrogens with one attached hydrogen (secondary N) is 1. The lowest BCUT2D eigenvalue weighted by Gasteiger charge is -2.14. The number of non-ortho nitro benzene ring substituents is 1. The summed E-state index contributed by atoms with van der Waals surface area (Å²) in [6.07, 6.45) is 6.15. The monoisotopic (exact) mass is 238 g/mol. The average molecular weight is 239 g/mol. The van der Waals surface area contributed by atoms with Crippen LogP contribution in [0.5, 0.6) is 0 Å². The van der Waals surface area contributed by atoms with Gasteiger partial charge in [0.15, 0.2) is 0 Å². The third-order valence-corrected chi connectivity index (χ3v) is 2.84. The smallest absolute Gasteiger partial charge is 0.271 e. The average Bonchev–Trinajstić information content (AvgIpc) is 2.73. The van der Waals surface area contributed by atoms with Crippen molar-refractivity contribution in [2.45, 2.75) is 18.9 Å². The molecule has 0 fully saturated rings. The maximum atomic E-state index is 10.5. The quantitative estimate of drug-likeness (QED) is 0.499. The van der Waals surface area contributed by atoms with Crippen LogP contribution in [0.25, 0.3) is 0 Å². The Kier molecular flexibility index (Phi) is 3.10. The third-order valence-electron chi connectivity index (χ3n) is 2.53. The van der Waals surface area contributed by atoms with Crippen LogP contribution in [0.1, 0.15) is 12.8 Å². The molecule has 0 saturated carbocycles. The maximum absolute atomic E-state index is 10.5. The summed E-state index contributed by atoms with van der Waals surface area (Å²) in [6, 6.07) is 4.82. The van der Waals surface area contributed by atoms with E-state index >= 15 is 0 Å². The molecule has 2 rings (SSSR count). The number of rotatable bonds is 3. The van der Waals surface area contributed by atoms with Crippen LogP contribution in [0.3, 0.4) is 0 Å². The lowest BCUT2D eigenvalue weighted by Crippen LogP contribution is -2.15. The lowest BCUT2D eigenvalue weighted by atomic mass is 10.2. The maximum Gasteiger partial charge on any atom is 0.271 e. The Balaban J connectivity index is 2.12. The van der Waals surface area contributed by atoms with E-state index in [2.05, 4.69) is 17.5 Å². The molecule has 4 nitrogen and oxygen atoms in total. The number of benzene rings is 1. The number of hydrogen-bond donors (Lipinski definition) is 1. The molecule has 0 atom stereocenters. The largest absolute Gasteiger partial charge is 0.380 e. The molecular formula is C11H11ClN2O2. The van der Waals surface area contributed by atoms with Crippen molar-refractivity contribution in [2.75, 3.05) is 5.32 Å². The van der Waals surface area contributed by atoms with Crippen molar-refractivity contribution in [3.8, 4) is 0 Å². The highest BCUT2D eigenvalue weighted by molar-refractivity contribution is 6.33. The molecule has 0 aliphatic heterocycles. The fourth-order valence-corrected chi connectivity index (χ4v) is 1.92. The molecule has 5 heteroatoms. The highest BCUT2D eigenvalue weighted by Gasteiger charge is 2.13. The first-order valence-electron chi connectivity index (χ1n) is 5.02. The molecule has 0 aromatic heterocycles. The Morgan fingerprint density at radius 1 is 1.38 bits per heavy atom. The molecule has 1 N–H and O–H groups in total. The van der Waals surface area contributed by atoms with E-state index < -0.39 is 4.92 Å². The molecule has 0 radical (unpaired) electrons. The Bertz CT molecular complexity index is 438. The van der Waals surface area contributed by atoms with Gasteiger partial charge in [-0.05, 0) is 18.9 Å².